The number of nitrogens with one attached hydrogen (secondary N) is 1. The molecule has 2 aromatic rings. The number of hydrogen-bond donors (Lipinski definition) is 2. The lowest BCUT2D eigenvalue weighted by Gasteiger charge is -2.14. The Labute approximate surface area is 94.5 Å². The molecule has 2 aromatic heterocycles. The van der Waals surface area contributed by atoms with Gasteiger partial charge in [-0.2, -0.15) is 0 Å². The first-order valence-electron chi connectivity index (χ1n) is 5.19. The normalized spacial score (nSPS) is 12.4. The maximum atomic E-state index is 5.93. The van der Waals surface area contributed by atoms with Crippen LogP contribution in [0.25, 0.3) is 0 Å². The predicted molar refractivity (Wildman–Crippen MR) is 64.1 cm³/mol. The minimum atomic E-state index is 0.0478. The smallest absolute Gasteiger partial charge is 0.150 e. The van der Waals surface area contributed by atoms with Crippen molar-refractivity contribution in [1.82, 2.24) is 4.98 Å². The van der Waals surface area contributed by atoms with Gasteiger partial charge < -0.3 is 15.5 Å². The number of nitrogens with zero attached hydrogens (tertiary/aromatic N) is 1. The summed E-state index contributed by atoms with van der Waals surface area (Å²) in [6.45, 7) is 3.96. The van der Waals surface area contributed by atoms with Gasteiger partial charge in [0, 0.05) is 6.20 Å². The molecule has 1 unspecified atom stereocenters. The second kappa shape index (κ2) is 4.26. The maximum Gasteiger partial charge on any atom is 0.150 e. The highest BCUT2D eigenvalue weighted by Crippen LogP contribution is 2.24. The fraction of sp³-hybridized carbons (Fsp3) is 0.250. The van der Waals surface area contributed by atoms with Crippen molar-refractivity contribution in [2.75, 3.05) is 11.1 Å². The highest BCUT2D eigenvalue weighted by atomic mass is 16.3. The maximum absolute atomic E-state index is 5.93. The summed E-state index contributed by atoms with van der Waals surface area (Å²) in [7, 11) is 0. The first-order valence-corrected chi connectivity index (χ1v) is 5.19. The van der Waals surface area contributed by atoms with Crippen molar-refractivity contribution in [3.63, 3.8) is 0 Å². The standard InChI is InChI=1S/C12H15N3O/c1-8-5-6-14-12(11(8)13)15-9(2)10-4-3-7-16-10/h3-7,9H,13H2,1-2H3,(H,14,15). The molecule has 1 atom stereocenters. The molecule has 0 aliphatic heterocycles. The lowest BCUT2D eigenvalue weighted by Crippen LogP contribution is -2.09. The molecular formula is C12H15N3O. The van der Waals surface area contributed by atoms with Crippen LogP contribution in [0.5, 0.6) is 0 Å². The minimum absolute atomic E-state index is 0.0478. The third-order valence-electron chi connectivity index (χ3n) is 2.53. The zero-order chi connectivity index (χ0) is 11.5. The van der Waals surface area contributed by atoms with E-state index in [4.69, 9.17) is 10.2 Å². The van der Waals surface area contributed by atoms with E-state index < -0.39 is 0 Å². The van der Waals surface area contributed by atoms with Gasteiger partial charge >= 0.3 is 0 Å². The Balaban J connectivity index is 2.18. The average Bonchev–Trinajstić information content (AvgIpc) is 2.78. The Kier molecular flexibility index (Phi) is 2.81. The summed E-state index contributed by atoms with van der Waals surface area (Å²) in [5.74, 6) is 1.56. The molecule has 84 valence electrons. The van der Waals surface area contributed by atoms with Gasteiger partial charge in [0.25, 0.3) is 0 Å². The topological polar surface area (TPSA) is 64.1 Å². The summed E-state index contributed by atoms with van der Waals surface area (Å²) < 4.78 is 5.31. The van der Waals surface area contributed by atoms with Gasteiger partial charge in [0.05, 0.1) is 18.0 Å². The van der Waals surface area contributed by atoms with Gasteiger partial charge in [-0.3, -0.25) is 0 Å². The molecule has 4 heteroatoms. The van der Waals surface area contributed by atoms with Crippen molar-refractivity contribution >= 4 is 11.5 Å². The second-order valence-electron chi connectivity index (χ2n) is 3.77. The predicted octanol–water partition coefficient (Wildman–Crippen LogP) is 2.74. The molecule has 4 nitrogen and oxygen atoms in total. The van der Waals surface area contributed by atoms with E-state index >= 15 is 0 Å². The Morgan fingerprint density at radius 1 is 1.44 bits per heavy atom. The average molecular weight is 217 g/mol. The Morgan fingerprint density at radius 3 is 2.94 bits per heavy atom. The number of nitrogen functional groups attached to an aromatic ring is 1. The van der Waals surface area contributed by atoms with E-state index in [2.05, 4.69) is 10.3 Å². The van der Waals surface area contributed by atoms with Crippen LogP contribution in [0.1, 0.15) is 24.3 Å². The number of anilines is 2. The minimum Gasteiger partial charge on any atom is -0.467 e. The van der Waals surface area contributed by atoms with Crippen molar-refractivity contribution in [3.8, 4) is 0 Å². The number of pyridine rings is 1. The van der Waals surface area contributed by atoms with E-state index in [-0.39, 0.29) is 6.04 Å². The Hall–Kier alpha value is -1.97. The van der Waals surface area contributed by atoms with Gasteiger partial charge in [0.1, 0.15) is 11.6 Å². The van der Waals surface area contributed by atoms with Crippen molar-refractivity contribution in [1.29, 1.82) is 0 Å². The largest absolute Gasteiger partial charge is 0.467 e. The molecule has 0 radical (unpaired) electrons. The van der Waals surface area contributed by atoms with Crippen LogP contribution in [0, 0.1) is 6.92 Å². The summed E-state index contributed by atoms with van der Waals surface area (Å²) >= 11 is 0. The van der Waals surface area contributed by atoms with Gasteiger partial charge in [-0.15, -0.1) is 0 Å². The summed E-state index contributed by atoms with van der Waals surface area (Å²) in [5.41, 5.74) is 7.63. The van der Waals surface area contributed by atoms with E-state index in [1.807, 2.05) is 32.0 Å². The highest BCUT2D eigenvalue weighted by Gasteiger charge is 2.10. The number of hydrogen-bond acceptors (Lipinski definition) is 4. The molecule has 0 fully saturated rings. The molecule has 0 amide bonds. The van der Waals surface area contributed by atoms with Crippen LogP contribution in [0.4, 0.5) is 11.5 Å². The SMILES string of the molecule is Cc1ccnc(NC(C)c2ccco2)c1N. The van der Waals surface area contributed by atoms with Crippen LogP contribution in [0.3, 0.4) is 0 Å². The number of aromatic nitrogens is 1. The number of rotatable bonds is 3. The van der Waals surface area contributed by atoms with E-state index in [9.17, 15) is 0 Å². The quantitative estimate of drug-likeness (QED) is 0.829. The van der Waals surface area contributed by atoms with Gasteiger partial charge in [-0.1, -0.05) is 0 Å². The summed E-state index contributed by atoms with van der Waals surface area (Å²) in [6.07, 6.45) is 3.39. The molecular weight excluding hydrogens is 202 g/mol. The fourth-order valence-corrected chi connectivity index (χ4v) is 1.50. The third kappa shape index (κ3) is 2.00. The fourth-order valence-electron chi connectivity index (χ4n) is 1.50. The lowest BCUT2D eigenvalue weighted by molar-refractivity contribution is 0.490. The molecule has 2 rings (SSSR count). The van der Waals surface area contributed by atoms with Crippen molar-refractivity contribution in [2.24, 2.45) is 0 Å². The van der Waals surface area contributed by atoms with Gasteiger partial charge in [0.15, 0.2) is 0 Å². The zero-order valence-corrected chi connectivity index (χ0v) is 9.40. The van der Waals surface area contributed by atoms with Crippen LogP contribution in [-0.2, 0) is 0 Å². The van der Waals surface area contributed by atoms with Crippen LogP contribution in [0.2, 0.25) is 0 Å². The summed E-state index contributed by atoms with van der Waals surface area (Å²) in [4.78, 5) is 4.21. The summed E-state index contributed by atoms with van der Waals surface area (Å²) in [5, 5.41) is 3.22. The monoisotopic (exact) mass is 217 g/mol. The summed E-state index contributed by atoms with van der Waals surface area (Å²) in [6, 6.07) is 5.72. The molecule has 0 saturated carbocycles. The zero-order valence-electron chi connectivity index (χ0n) is 9.40. The van der Waals surface area contributed by atoms with E-state index in [1.165, 1.54) is 0 Å². The van der Waals surface area contributed by atoms with Gasteiger partial charge in [-0.05, 0) is 37.6 Å². The number of furan rings is 1. The van der Waals surface area contributed by atoms with E-state index in [1.54, 1.807) is 12.5 Å². The second-order valence-corrected chi connectivity index (χ2v) is 3.77. The van der Waals surface area contributed by atoms with Crippen molar-refractivity contribution in [2.45, 2.75) is 19.9 Å². The molecule has 3 N–H and O–H groups in total. The van der Waals surface area contributed by atoms with E-state index in [0.29, 0.717) is 11.5 Å². The highest BCUT2D eigenvalue weighted by molar-refractivity contribution is 5.65. The van der Waals surface area contributed by atoms with Crippen LogP contribution < -0.4 is 11.1 Å². The van der Waals surface area contributed by atoms with Crippen LogP contribution >= 0.6 is 0 Å². The number of nitrogens with two attached hydrogens (primary N) is 1. The lowest BCUT2D eigenvalue weighted by atomic mass is 10.2. The van der Waals surface area contributed by atoms with E-state index in [0.717, 1.165) is 11.3 Å². The molecule has 0 bridgehead atoms. The molecule has 0 aromatic carbocycles. The first-order chi connectivity index (χ1) is 7.68. The molecule has 0 saturated heterocycles. The van der Waals surface area contributed by atoms with Crippen molar-refractivity contribution in [3.05, 3.63) is 42.0 Å². The van der Waals surface area contributed by atoms with Gasteiger partial charge in [0.2, 0.25) is 0 Å². The Bertz CT molecular complexity index is 465. The molecule has 0 aliphatic rings. The first kappa shape index (κ1) is 10.5. The molecule has 16 heavy (non-hydrogen) atoms. The van der Waals surface area contributed by atoms with Crippen LogP contribution in [-0.4, -0.2) is 4.98 Å². The van der Waals surface area contributed by atoms with Crippen LogP contribution in [0.15, 0.2) is 35.1 Å². The molecule has 2 heterocycles. The Morgan fingerprint density at radius 2 is 2.25 bits per heavy atom. The third-order valence-corrected chi connectivity index (χ3v) is 2.53. The van der Waals surface area contributed by atoms with Gasteiger partial charge in [-0.25, -0.2) is 4.98 Å². The number of aryl methyl sites for hydroxylation is 1. The molecule has 0 spiro atoms. The molecule has 0 aliphatic carbocycles. The van der Waals surface area contributed by atoms with Crippen molar-refractivity contribution < 1.29 is 4.42 Å².